The number of aromatic nitrogens is 2. The molecule has 0 aromatic carbocycles. The predicted molar refractivity (Wildman–Crippen MR) is 83.5 cm³/mol. The third kappa shape index (κ3) is 3.50. The van der Waals surface area contributed by atoms with Crippen LogP contribution in [-0.4, -0.2) is 69.9 Å². The standard InChI is InChI=1S/C16H26N4O2/c21-13-12-20-15(3-6-17-20)14-4-8-18(9-5-14)10-11-19-7-1-2-16(19)22/h3,6,14,21H,1-2,4-5,7-13H2. The van der Waals surface area contributed by atoms with Crippen LogP contribution in [0.25, 0.3) is 0 Å². The average molecular weight is 306 g/mol. The second-order valence-corrected chi connectivity index (χ2v) is 6.30. The molecular formula is C16H26N4O2. The first-order chi connectivity index (χ1) is 10.8. The molecule has 22 heavy (non-hydrogen) atoms. The van der Waals surface area contributed by atoms with E-state index in [9.17, 15) is 4.79 Å². The fourth-order valence-corrected chi connectivity index (χ4v) is 3.63. The SMILES string of the molecule is O=C1CCCN1CCN1CCC(c2ccnn2CCO)CC1. The molecule has 0 spiro atoms. The van der Waals surface area contributed by atoms with Crippen molar-refractivity contribution in [3.63, 3.8) is 0 Å². The topological polar surface area (TPSA) is 61.6 Å². The van der Waals surface area contributed by atoms with Gasteiger partial charge in [-0.25, -0.2) is 0 Å². The van der Waals surface area contributed by atoms with E-state index in [1.165, 1.54) is 5.69 Å². The number of carbonyl (C=O) groups excluding carboxylic acids is 1. The molecular weight excluding hydrogens is 280 g/mol. The number of aliphatic hydroxyl groups is 1. The van der Waals surface area contributed by atoms with Crippen molar-refractivity contribution in [3.05, 3.63) is 18.0 Å². The highest BCUT2D eigenvalue weighted by Gasteiger charge is 2.25. The second kappa shape index (κ2) is 7.24. The lowest BCUT2D eigenvalue weighted by atomic mass is 9.93. The van der Waals surface area contributed by atoms with Gasteiger partial charge in [0.15, 0.2) is 0 Å². The van der Waals surface area contributed by atoms with Gasteiger partial charge in [0, 0.05) is 43.9 Å². The summed E-state index contributed by atoms with van der Waals surface area (Å²) in [4.78, 5) is 16.1. The predicted octanol–water partition coefficient (Wildman–Crippen LogP) is 0.677. The number of likely N-dealkylation sites (tertiary alicyclic amines) is 2. The zero-order valence-electron chi connectivity index (χ0n) is 13.2. The van der Waals surface area contributed by atoms with Gasteiger partial charge in [-0.05, 0) is 38.4 Å². The number of hydrogen-bond donors (Lipinski definition) is 1. The molecule has 0 saturated carbocycles. The van der Waals surface area contributed by atoms with Crippen LogP contribution in [0.15, 0.2) is 12.3 Å². The quantitative estimate of drug-likeness (QED) is 0.839. The summed E-state index contributed by atoms with van der Waals surface area (Å²) in [6.45, 7) is 5.70. The third-order valence-corrected chi connectivity index (χ3v) is 4.92. The lowest BCUT2D eigenvalue weighted by Crippen LogP contribution is -2.40. The molecule has 0 aliphatic carbocycles. The van der Waals surface area contributed by atoms with Gasteiger partial charge in [0.05, 0.1) is 13.2 Å². The highest BCUT2D eigenvalue weighted by molar-refractivity contribution is 5.78. The van der Waals surface area contributed by atoms with Crippen molar-refractivity contribution in [1.82, 2.24) is 19.6 Å². The molecule has 0 radical (unpaired) electrons. The van der Waals surface area contributed by atoms with E-state index in [4.69, 9.17) is 5.11 Å². The van der Waals surface area contributed by atoms with Crippen molar-refractivity contribution in [1.29, 1.82) is 0 Å². The maximum Gasteiger partial charge on any atom is 0.222 e. The maximum absolute atomic E-state index is 11.6. The van der Waals surface area contributed by atoms with Crippen molar-refractivity contribution in [3.8, 4) is 0 Å². The number of piperidine rings is 1. The van der Waals surface area contributed by atoms with E-state index >= 15 is 0 Å². The molecule has 1 aromatic heterocycles. The highest BCUT2D eigenvalue weighted by atomic mass is 16.3. The van der Waals surface area contributed by atoms with Gasteiger partial charge >= 0.3 is 0 Å². The molecule has 6 heteroatoms. The molecule has 0 atom stereocenters. The molecule has 1 amide bonds. The molecule has 0 bridgehead atoms. The van der Waals surface area contributed by atoms with E-state index in [1.54, 1.807) is 0 Å². The highest BCUT2D eigenvalue weighted by Crippen LogP contribution is 2.27. The van der Waals surface area contributed by atoms with Crippen LogP contribution in [0, 0.1) is 0 Å². The number of rotatable bonds is 6. The minimum absolute atomic E-state index is 0.136. The largest absolute Gasteiger partial charge is 0.394 e. The second-order valence-electron chi connectivity index (χ2n) is 6.30. The maximum atomic E-state index is 11.6. The van der Waals surface area contributed by atoms with E-state index in [1.807, 2.05) is 15.8 Å². The first-order valence-corrected chi connectivity index (χ1v) is 8.40. The van der Waals surface area contributed by atoms with Crippen molar-refractivity contribution in [2.24, 2.45) is 0 Å². The van der Waals surface area contributed by atoms with Crippen LogP contribution < -0.4 is 0 Å². The zero-order chi connectivity index (χ0) is 15.4. The Morgan fingerprint density at radius 2 is 2.00 bits per heavy atom. The molecule has 2 aliphatic rings. The Hall–Kier alpha value is -1.40. The van der Waals surface area contributed by atoms with Crippen LogP contribution in [-0.2, 0) is 11.3 Å². The van der Waals surface area contributed by atoms with E-state index in [0.717, 1.165) is 58.4 Å². The Kier molecular flexibility index (Phi) is 5.10. The summed E-state index contributed by atoms with van der Waals surface area (Å²) in [6.07, 6.45) is 5.85. The summed E-state index contributed by atoms with van der Waals surface area (Å²) in [5.74, 6) is 0.863. The minimum atomic E-state index is 0.136. The van der Waals surface area contributed by atoms with Crippen molar-refractivity contribution < 1.29 is 9.90 Å². The summed E-state index contributed by atoms with van der Waals surface area (Å²) in [5, 5.41) is 13.4. The van der Waals surface area contributed by atoms with Crippen molar-refractivity contribution in [2.75, 3.05) is 39.3 Å². The van der Waals surface area contributed by atoms with Crippen LogP contribution in [0.2, 0.25) is 0 Å². The summed E-state index contributed by atoms with van der Waals surface area (Å²) in [5.41, 5.74) is 1.25. The first-order valence-electron chi connectivity index (χ1n) is 8.40. The Morgan fingerprint density at radius 3 is 2.68 bits per heavy atom. The van der Waals surface area contributed by atoms with Crippen LogP contribution in [0.5, 0.6) is 0 Å². The van der Waals surface area contributed by atoms with Gasteiger partial charge in [0.2, 0.25) is 5.91 Å². The molecule has 0 unspecified atom stereocenters. The van der Waals surface area contributed by atoms with Crippen molar-refractivity contribution >= 4 is 5.91 Å². The Balaban J connectivity index is 1.46. The Bertz CT molecular complexity index is 494. The summed E-state index contributed by atoms with van der Waals surface area (Å²) in [7, 11) is 0. The van der Waals surface area contributed by atoms with Gasteiger partial charge in [-0.1, -0.05) is 0 Å². The van der Waals surface area contributed by atoms with Crippen LogP contribution >= 0.6 is 0 Å². The molecule has 2 fully saturated rings. The van der Waals surface area contributed by atoms with Gasteiger partial charge < -0.3 is 14.9 Å². The van der Waals surface area contributed by atoms with Gasteiger partial charge in [-0.2, -0.15) is 5.10 Å². The fourth-order valence-electron chi connectivity index (χ4n) is 3.63. The molecule has 2 saturated heterocycles. The molecule has 122 valence electrons. The molecule has 2 aliphatic heterocycles. The summed E-state index contributed by atoms with van der Waals surface area (Å²) < 4.78 is 1.93. The Morgan fingerprint density at radius 1 is 1.18 bits per heavy atom. The molecule has 1 aromatic rings. The van der Waals surface area contributed by atoms with Gasteiger partial charge in [-0.3, -0.25) is 9.48 Å². The third-order valence-electron chi connectivity index (χ3n) is 4.92. The number of aliphatic hydroxyl groups excluding tert-OH is 1. The number of carbonyl (C=O) groups is 1. The van der Waals surface area contributed by atoms with Gasteiger partial charge in [0.1, 0.15) is 0 Å². The summed E-state index contributed by atoms with van der Waals surface area (Å²) in [6, 6.07) is 2.08. The number of nitrogens with zero attached hydrogens (tertiary/aromatic N) is 4. The minimum Gasteiger partial charge on any atom is -0.394 e. The lowest BCUT2D eigenvalue weighted by molar-refractivity contribution is -0.127. The summed E-state index contributed by atoms with van der Waals surface area (Å²) >= 11 is 0. The molecule has 6 nitrogen and oxygen atoms in total. The van der Waals surface area contributed by atoms with Crippen LogP contribution in [0.4, 0.5) is 0 Å². The van der Waals surface area contributed by atoms with Gasteiger partial charge in [0.25, 0.3) is 0 Å². The van der Waals surface area contributed by atoms with E-state index < -0.39 is 0 Å². The van der Waals surface area contributed by atoms with E-state index in [2.05, 4.69) is 16.1 Å². The average Bonchev–Trinajstić information content (AvgIpc) is 3.15. The molecule has 3 heterocycles. The van der Waals surface area contributed by atoms with E-state index in [0.29, 0.717) is 18.4 Å². The zero-order valence-corrected chi connectivity index (χ0v) is 13.2. The first kappa shape index (κ1) is 15.5. The lowest BCUT2D eigenvalue weighted by Gasteiger charge is -2.33. The van der Waals surface area contributed by atoms with Crippen LogP contribution in [0.3, 0.4) is 0 Å². The monoisotopic (exact) mass is 306 g/mol. The normalized spacial score (nSPS) is 21.0. The fraction of sp³-hybridized carbons (Fsp3) is 0.750. The molecule has 3 rings (SSSR count). The Labute approximate surface area is 131 Å². The molecule has 1 N–H and O–H groups in total. The van der Waals surface area contributed by atoms with E-state index in [-0.39, 0.29) is 6.61 Å². The van der Waals surface area contributed by atoms with Gasteiger partial charge in [-0.15, -0.1) is 0 Å². The van der Waals surface area contributed by atoms with Crippen molar-refractivity contribution in [2.45, 2.75) is 38.1 Å². The number of hydrogen-bond acceptors (Lipinski definition) is 4. The van der Waals surface area contributed by atoms with Crippen LogP contribution in [0.1, 0.15) is 37.3 Å². The smallest absolute Gasteiger partial charge is 0.222 e. The number of amides is 1.